The molecule has 140 valence electrons. The Kier molecular flexibility index (Phi) is 5.31. The first-order chi connectivity index (χ1) is 13.0. The quantitative estimate of drug-likeness (QED) is 0.833. The molecule has 0 aromatic heterocycles. The van der Waals surface area contributed by atoms with Crippen molar-refractivity contribution in [3.05, 3.63) is 71.5 Å². The third-order valence-corrected chi connectivity index (χ3v) is 4.57. The molecule has 1 atom stereocenters. The number of ether oxygens (including phenoxy) is 1. The summed E-state index contributed by atoms with van der Waals surface area (Å²) in [4.78, 5) is 27.3. The van der Waals surface area contributed by atoms with E-state index < -0.39 is 17.7 Å². The number of benzene rings is 2. The van der Waals surface area contributed by atoms with Crippen LogP contribution in [0, 0.1) is 5.92 Å². The first kappa shape index (κ1) is 18.7. The lowest BCUT2D eigenvalue weighted by molar-refractivity contribution is -0.118. The van der Waals surface area contributed by atoms with Crippen molar-refractivity contribution in [2.75, 3.05) is 12.0 Å². The number of rotatable bonds is 6. The van der Waals surface area contributed by atoms with Gasteiger partial charge >= 0.3 is 0 Å². The fourth-order valence-electron chi connectivity index (χ4n) is 3.41. The Morgan fingerprint density at radius 1 is 1.11 bits per heavy atom. The topological polar surface area (TPSA) is 66.8 Å². The predicted molar refractivity (Wildman–Crippen MR) is 104 cm³/mol. The molecule has 1 amide bonds. The number of methoxy groups -OCH3 is 1. The van der Waals surface area contributed by atoms with Crippen LogP contribution in [0.4, 0.5) is 5.69 Å². The molecule has 1 N–H and O–H groups in total. The van der Waals surface area contributed by atoms with Crippen LogP contribution in [0.5, 0.6) is 5.75 Å². The zero-order valence-electron chi connectivity index (χ0n) is 15.7. The molecule has 2 aromatic carbocycles. The summed E-state index contributed by atoms with van der Waals surface area (Å²) in [7, 11) is 1.54. The number of para-hydroxylation sites is 2. The van der Waals surface area contributed by atoms with Gasteiger partial charge in [0.2, 0.25) is 0 Å². The summed E-state index contributed by atoms with van der Waals surface area (Å²) in [5.74, 6) is -0.632. The normalized spacial score (nSPS) is 17.0. The first-order valence-corrected chi connectivity index (χ1v) is 8.93. The molecule has 2 aromatic rings. The number of anilines is 1. The van der Waals surface area contributed by atoms with Crippen molar-refractivity contribution in [3.63, 3.8) is 0 Å². The minimum atomic E-state index is -0.734. The Morgan fingerprint density at radius 3 is 2.37 bits per heavy atom. The maximum atomic E-state index is 12.9. The summed E-state index contributed by atoms with van der Waals surface area (Å²) in [6.45, 7) is 3.86. The molecule has 27 heavy (non-hydrogen) atoms. The van der Waals surface area contributed by atoms with E-state index >= 15 is 0 Å². The Balaban J connectivity index is 2.19. The number of nitrogens with zero attached hydrogens (tertiary/aromatic N) is 1. The predicted octanol–water partition coefficient (Wildman–Crippen LogP) is 4.21. The van der Waals surface area contributed by atoms with Crippen molar-refractivity contribution in [1.29, 1.82) is 0 Å². The van der Waals surface area contributed by atoms with Crippen LogP contribution >= 0.6 is 0 Å². The maximum Gasteiger partial charge on any atom is 0.294 e. The Labute approximate surface area is 158 Å². The lowest BCUT2D eigenvalue weighted by Crippen LogP contribution is -2.31. The number of hydrogen-bond donors (Lipinski definition) is 1. The van der Waals surface area contributed by atoms with E-state index in [1.165, 1.54) is 4.90 Å². The smallest absolute Gasteiger partial charge is 0.294 e. The van der Waals surface area contributed by atoms with Gasteiger partial charge in [-0.25, -0.2) is 0 Å². The van der Waals surface area contributed by atoms with Gasteiger partial charge in [0, 0.05) is 17.7 Å². The number of hydrogen-bond acceptors (Lipinski definition) is 4. The monoisotopic (exact) mass is 365 g/mol. The number of carbonyl (C=O) groups is 2. The first-order valence-electron chi connectivity index (χ1n) is 8.93. The van der Waals surface area contributed by atoms with Gasteiger partial charge < -0.3 is 9.84 Å². The number of Topliss-reactive ketones (excluding diaryl/α,β-unsaturated/α-hetero) is 1. The minimum absolute atomic E-state index is 0.108. The van der Waals surface area contributed by atoms with Gasteiger partial charge in [0.1, 0.15) is 5.75 Å². The fourth-order valence-corrected chi connectivity index (χ4v) is 3.41. The number of ketones is 1. The summed E-state index contributed by atoms with van der Waals surface area (Å²) in [6.07, 6.45) is 0.251. The molecule has 5 nitrogen and oxygen atoms in total. The molecule has 0 radical (unpaired) electrons. The Bertz CT molecular complexity index is 886. The zero-order valence-corrected chi connectivity index (χ0v) is 15.7. The maximum absolute atomic E-state index is 12.9. The summed E-state index contributed by atoms with van der Waals surface area (Å²) < 4.78 is 5.47. The zero-order chi connectivity index (χ0) is 19.6. The number of aliphatic hydroxyl groups excluding tert-OH is 1. The van der Waals surface area contributed by atoms with Gasteiger partial charge in [0.15, 0.2) is 11.5 Å². The van der Waals surface area contributed by atoms with E-state index in [2.05, 4.69) is 0 Å². The van der Waals surface area contributed by atoms with Crippen molar-refractivity contribution in [2.45, 2.75) is 26.3 Å². The molecular weight excluding hydrogens is 342 g/mol. The summed E-state index contributed by atoms with van der Waals surface area (Å²) >= 11 is 0. The van der Waals surface area contributed by atoms with Crippen molar-refractivity contribution in [1.82, 2.24) is 0 Å². The molecule has 0 saturated carbocycles. The lowest BCUT2D eigenvalue weighted by Gasteiger charge is -2.28. The Hall–Kier alpha value is -3.08. The SMILES string of the molecule is COc1ccccc1C1C(C(=O)CC(C)C)=C(O)C(=O)N1c1ccccc1. The molecule has 1 unspecified atom stereocenters. The molecule has 3 rings (SSSR count). The van der Waals surface area contributed by atoms with E-state index in [1.54, 1.807) is 25.3 Å². The summed E-state index contributed by atoms with van der Waals surface area (Å²) in [5, 5.41) is 10.6. The van der Waals surface area contributed by atoms with Gasteiger partial charge in [0.25, 0.3) is 5.91 Å². The third kappa shape index (κ3) is 3.45. The van der Waals surface area contributed by atoms with Crippen LogP contribution in [-0.2, 0) is 9.59 Å². The van der Waals surface area contributed by atoms with Crippen LogP contribution < -0.4 is 9.64 Å². The van der Waals surface area contributed by atoms with Gasteiger partial charge in [0.05, 0.1) is 18.7 Å². The Morgan fingerprint density at radius 2 is 1.74 bits per heavy atom. The van der Waals surface area contributed by atoms with Crippen LogP contribution in [0.15, 0.2) is 65.9 Å². The molecule has 0 aliphatic carbocycles. The van der Waals surface area contributed by atoms with Crippen molar-refractivity contribution < 1.29 is 19.4 Å². The minimum Gasteiger partial charge on any atom is -0.503 e. The number of aliphatic hydroxyl groups is 1. The van der Waals surface area contributed by atoms with Crippen LogP contribution in [-0.4, -0.2) is 23.9 Å². The molecule has 0 spiro atoms. The second kappa shape index (κ2) is 7.66. The third-order valence-electron chi connectivity index (χ3n) is 4.57. The van der Waals surface area contributed by atoms with Gasteiger partial charge in [-0.3, -0.25) is 14.5 Å². The van der Waals surface area contributed by atoms with E-state index in [9.17, 15) is 14.7 Å². The highest BCUT2D eigenvalue weighted by molar-refractivity contribution is 6.16. The van der Waals surface area contributed by atoms with E-state index in [0.717, 1.165) is 0 Å². The van der Waals surface area contributed by atoms with Crippen LogP contribution in [0.2, 0.25) is 0 Å². The number of amides is 1. The second-order valence-corrected chi connectivity index (χ2v) is 6.94. The summed E-state index contributed by atoms with van der Waals surface area (Å²) in [6, 6.07) is 15.5. The molecule has 1 heterocycles. The molecule has 0 bridgehead atoms. The van der Waals surface area contributed by atoms with E-state index in [-0.39, 0.29) is 23.7 Å². The van der Waals surface area contributed by atoms with E-state index in [0.29, 0.717) is 17.0 Å². The highest BCUT2D eigenvalue weighted by atomic mass is 16.5. The van der Waals surface area contributed by atoms with Crippen molar-refractivity contribution in [2.24, 2.45) is 5.92 Å². The average molecular weight is 365 g/mol. The van der Waals surface area contributed by atoms with Crippen LogP contribution in [0.1, 0.15) is 31.9 Å². The second-order valence-electron chi connectivity index (χ2n) is 6.94. The molecule has 0 saturated heterocycles. The molecular formula is C22H23NO4. The van der Waals surface area contributed by atoms with Crippen molar-refractivity contribution in [3.8, 4) is 5.75 Å². The molecule has 0 fully saturated rings. The molecule has 1 aliphatic heterocycles. The highest BCUT2D eigenvalue weighted by Crippen LogP contribution is 2.44. The van der Waals surface area contributed by atoms with Gasteiger partial charge in [-0.2, -0.15) is 0 Å². The number of carbonyl (C=O) groups excluding carboxylic acids is 2. The molecule has 1 aliphatic rings. The van der Waals surface area contributed by atoms with Gasteiger partial charge in [-0.15, -0.1) is 0 Å². The molecule has 5 heteroatoms. The van der Waals surface area contributed by atoms with E-state index in [1.807, 2.05) is 50.2 Å². The fraction of sp³-hybridized carbons (Fsp3) is 0.273. The largest absolute Gasteiger partial charge is 0.503 e. The standard InChI is InChI=1S/C22H23NO4/c1-14(2)13-17(24)19-20(16-11-7-8-12-18(16)27-3)23(22(26)21(19)25)15-9-5-4-6-10-15/h4-12,14,20,25H,13H2,1-3H3. The van der Waals surface area contributed by atoms with Crippen molar-refractivity contribution >= 4 is 17.4 Å². The van der Waals surface area contributed by atoms with E-state index in [4.69, 9.17) is 4.74 Å². The lowest BCUT2D eigenvalue weighted by atomic mass is 9.91. The van der Waals surface area contributed by atoms with Crippen LogP contribution in [0.25, 0.3) is 0 Å². The highest BCUT2D eigenvalue weighted by Gasteiger charge is 2.45. The van der Waals surface area contributed by atoms with Crippen LogP contribution in [0.3, 0.4) is 0 Å². The average Bonchev–Trinajstić information content (AvgIpc) is 2.93. The van der Waals surface area contributed by atoms with Gasteiger partial charge in [-0.05, 0) is 24.1 Å². The van der Waals surface area contributed by atoms with Gasteiger partial charge in [-0.1, -0.05) is 50.2 Å². The summed E-state index contributed by atoms with van der Waals surface area (Å²) in [5.41, 5.74) is 1.40.